The van der Waals surface area contributed by atoms with Gasteiger partial charge in [0.25, 0.3) is 0 Å². The molecule has 2 aliphatic rings. The van der Waals surface area contributed by atoms with Crippen molar-refractivity contribution in [3.8, 4) is 0 Å². The number of hydrogen-bond donors (Lipinski definition) is 1. The Morgan fingerprint density at radius 3 is 2.60 bits per heavy atom. The van der Waals surface area contributed by atoms with Crippen LogP contribution in [-0.4, -0.2) is 61.0 Å². The highest BCUT2D eigenvalue weighted by atomic mass is 35.5. The van der Waals surface area contributed by atoms with Crippen LogP contribution >= 0.6 is 12.4 Å². The number of nitrogens with one attached hydrogen (secondary N) is 1. The number of hydrogen-bond acceptors (Lipinski definition) is 3. The standard InChI is InChI=1S/C20H25N3O.ClH/c24-20(14-16-5-6-17-3-1-2-4-18(17)13-16)23-10-7-19(15-23)22-11-8-21-9-12-22;/h1-6,13,19,21H,7-12,14-15H2;1H. The van der Waals surface area contributed by atoms with Gasteiger partial charge in [0.15, 0.2) is 0 Å². The molecule has 2 aromatic rings. The van der Waals surface area contributed by atoms with Crippen molar-refractivity contribution in [2.45, 2.75) is 18.9 Å². The van der Waals surface area contributed by atoms with E-state index in [9.17, 15) is 4.79 Å². The molecule has 4 rings (SSSR count). The van der Waals surface area contributed by atoms with E-state index in [-0.39, 0.29) is 18.3 Å². The molecule has 0 spiro atoms. The van der Waals surface area contributed by atoms with Gasteiger partial charge in [0.1, 0.15) is 0 Å². The van der Waals surface area contributed by atoms with Gasteiger partial charge in [0.2, 0.25) is 5.91 Å². The molecule has 0 saturated carbocycles. The fraction of sp³-hybridized carbons (Fsp3) is 0.450. The summed E-state index contributed by atoms with van der Waals surface area (Å²) < 4.78 is 0. The molecule has 2 fully saturated rings. The minimum absolute atomic E-state index is 0. The summed E-state index contributed by atoms with van der Waals surface area (Å²) in [6.45, 7) is 6.16. The van der Waals surface area contributed by atoms with Gasteiger partial charge in [-0.1, -0.05) is 42.5 Å². The van der Waals surface area contributed by atoms with E-state index in [0.717, 1.165) is 51.3 Å². The summed E-state index contributed by atoms with van der Waals surface area (Å²) in [5.41, 5.74) is 1.12. The lowest BCUT2D eigenvalue weighted by molar-refractivity contribution is -0.129. The van der Waals surface area contributed by atoms with E-state index < -0.39 is 0 Å². The van der Waals surface area contributed by atoms with Crippen LogP contribution < -0.4 is 5.32 Å². The third-order valence-corrected chi connectivity index (χ3v) is 5.35. The van der Waals surface area contributed by atoms with Gasteiger partial charge >= 0.3 is 0 Å². The molecule has 25 heavy (non-hydrogen) atoms. The number of rotatable bonds is 3. The van der Waals surface area contributed by atoms with Crippen molar-refractivity contribution in [1.29, 1.82) is 0 Å². The van der Waals surface area contributed by atoms with Gasteiger partial charge in [-0.2, -0.15) is 0 Å². The molecule has 0 bridgehead atoms. The Balaban J connectivity index is 0.00000182. The molecule has 0 aromatic heterocycles. The lowest BCUT2D eigenvalue weighted by atomic mass is 10.0. The molecular formula is C20H26ClN3O. The van der Waals surface area contributed by atoms with E-state index >= 15 is 0 Å². The first-order valence-corrected chi connectivity index (χ1v) is 9.00. The van der Waals surface area contributed by atoms with Gasteiger partial charge in [0.05, 0.1) is 6.42 Å². The summed E-state index contributed by atoms with van der Waals surface area (Å²) in [6, 6.07) is 15.2. The minimum Gasteiger partial charge on any atom is -0.341 e. The van der Waals surface area contributed by atoms with Crippen molar-refractivity contribution in [2.75, 3.05) is 39.3 Å². The molecule has 2 aromatic carbocycles. The molecule has 4 nitrogen and oxygen atoms in total. The molecule has 0 radical (unpaired) electrons. The molecule has 2 heterocycles. The average molecular weight is 360 g/mol. The Morgan fingerprint density at radius 2 is 1.80 bits per heavy atom. The van der Waals surface area contributed by atoms with Crippen LogP contribution in [0.15, 0.2) is 42.5 Å². The zero-order valence-corrected chi connectivity index (χ0v) is 15.3. The maximum Gasteiger partial charge on any atom is 0.227 e. The van der Waals surface area contributed by atoms with E-state index in [0.29, 0.717) is 12.5 Å². The summed E-state index contributed by atoms with van der Waals surface area (Å²) in [4.78, 5) is 17.3. The number of nitrogens with zero attached hydrogens (tertiary/aromatic N) is 2. The molecule has 2 saturated heterocycles. The van der Waals surface area contributed by atoms with Crippen molar-refractivity contribution in [2.24, 2.45) is 0 Å². The van der Waals surface area contributed by atoms with Crippen LogP contribution in [-0.2, 0) is 11.2 Å². The summed E-state index contributed by atoms with van der Waals surface area (Å²) >= 11 is 0. The predicted octanol–water partition coefficient (Wildman–Crippen LogP) is 2.31. The van der Waals surface area contributed by atoms with E-state index in [1.807, 2.05) is 12.1 Å². The molecule has 2 aliphatic heterocycles. The van der Waals surface area contributed by atoms with Crippen LogP contribution in [0.4, 0.5) is 0 Å². The third kappa shape index (κ3) is 4.14. The van der Waals surface area contributed by atoms with Crippen molar-refractivity contribution < 1.29 is 4.79 Å². The van der Waals surface area contributed by atoms with Crippen molar-refractivity contribution in [1.82, 2.24) is 15.1 Å². The van der Waals surface area contributed by atoms with E-state index in [1.54, 1.807) is 0 Å². The molecule has 1 atom stereocenters. The van der Waals surface area contributed by atoms with Gasteiger partial charge in [-0.15, -0.1) is 12.4 Å². The summed E-state index contributed by atoms with van der Waals surface area (Å²) in [5.74, 6) is 0.267. The molecular weight excluding hydrogens is 334 g/mol. The first-order valence-electron chi connectivity index (χ1n) is 9.00. The second-order valence-electron chi connectivity index (χ2n) is 6.93. The number of carbonyl (C=O) groups excluding carboxylic acids is 1. The monoisotopic (exact) mass is 359 g/mol. The third-order valence-electron chi connectivity index (χ3n) is 5.35. The van der Waals surface area contributed by atoms with Gasteiger partial charge in [-0.25, -0.2) is 0 Å². The first-order chi connectivity index (χ1) is 11.8. The molecule has 5 heteroatoms. The summed E-state index contributed by atoms with van der Waals surface area (Å²) in [7, 11) is 0. The summed E-state index contributed by atoms with van der Waals surface area (Å²) in [6.07, 6.45) is 1.63. The Kier molecular flexibility index (Phi) is 5.94. The highest BCUT2D eigenvalue weighted by molar-refractivity contribution is 5.86. The van der Waals surface area contributed by atoms with Crippen molar-refractivity contribution in [3.63, 3.8) is 0 Å². The quantitative estimate of drug-likeness (QED) is 0.913. The number of fused-ring (bicyclic) bond motifs is 1. The topological polar surface area (TPSA) is 35.6 Å². The highest BCUT2D eigenvalue weighted by Crippen LogP contribution is 2.19. The molecule has 0 aliphatic carbocycles. The Labute approximate surface area is 155 Å². The van der Waals surface area contributed by atoms with E-state index in [1.165, 1.54) is 10.8 Å². The molecule has 1 unspecified atom stereocenters. The molecule has 1 N–H and O–H groups in total. The SMILES string of the molecule is Cl.O=C(Cc1ccc2ccccc2c1)N1CCC(N2CCNCC2)C1. The predicted molar refractivity (Wildman–Crippen MR) is 104 cm³/mol. The smallest absolute Gasteiger partial charge is 0.227 e. The number of amides is 1. The van der Waals surface area contributed by atoms with Gasteiger partial charge in [-0.3, -0.25) is 9.69 Å². The largest absolute Gasteiger partial charge is 0.341 e. The molecule has 1 amide bonds. The highest BCUT2D eigenvalue weighted by Gasteiger charge is 2.30. The van der Waals surface area contributed by atoms with Gasteiger partial charge in [0, 0.05) is 45.3 Å². The van der Waals surface area contributed by atoms with Crippen LogP contribution in [0.1, 0.15) is 12.0 Å². The second kappa shape index (κ2) is 8.17. The first kappa shape index (κ1) is 18.2. The van der Waals surface area contributed by atoms with Crippen molar-refractivity contribution >= 4 is 29.1 Å². The van der Waals surface area contributed by atoms with Crippen molar-refractivity contribution in [3.05, 3.63) is 48.0 Å². The average Bonchev–Trinajstić information content (AvgIpc) is 3.13. The van der Waals surface area contributed by atoms with E-state index in [2.05, 4.69) is 45.4 Å². The number of likely N-dealkylation sites (tertiary alicyclic amines) is 1. The Bertz CT molecular complexity index is 730. The zero-order chi connectivity index (χ0) is 16.4. The Morgan fingerprint density at radius 1 is 1.04 bits per heavy atom. The van der Waals surface area contributed by atoms with Crippen LogP contribution in [0.5, 0.6) is 0 Å². The number of halogens is 1. The maximum absolute atomic E-state index is 12.7. The van der Waals surface area contributed by atoms with E-state index in [4.69, 9.17) is 0 Å². The van der Waals surface area contributed by atoms with Crippen LogP contribution in [0.3, 0.4) is 0 Å². The number of benzene rings is 2. The molecule has 134 valence electrons. The van der Waals surface area contributed by atoms with Crippen LogP contribution in [0.2, 0.25) is 0 Å². The number of piperazine rings is 1. The lowest BCUT2D eigenvalue weighted by Crippen LogP contribution is -2.49. The lowest BCUT2D eigenvalue weighted by Gasteiger charge is -2.32. The fourth-order valence-corrected chi connectivity index (χ4v) is 3.95. The van der Waals surface area contributed by atoms with Crippen LogP contribution in [0, 0.1) is 0 Å². The fourth-order valence-electron chi connectivity index (χ4n) is 3.95. The van der Waals surface area contributed by atoms with Gasteiger partial charge < -0.3 is 10.2 Å². The van der Waals surface area contributed by atoms with Crippen LogP contribution in [0.25, 0.3) is 10.8 Å². The Hall–Kier alpha value is -1.62. The normalized spacial score (nSPS) is 21.3. The summed E-state index contributed by atoms with van der Waals surface area (Å²) in [5, 5.41) is 5.84. The maximum atomic E-state index is 12.7. The van der Waals surface area contributed by atoms with Gasteiger partial charge in [-0.05, 0) is 22.8 Å². The second-order valence-corrected chi connectivity index (χ2v) is 6.93. The number of carbonyl (C=O) groups is 1. The zero-order valence-electron chi connectivity index (χ0n) is 14.5. The minimum atomic E-state index is 0.